The summed E-state index contributed by atoms with van der Waals surface area (Å²) in [4.78, 5) is 4.64. The largest absolute Gasteiger partial charge is 0.496 e. The van der Waals surface area contributed by atoms with Crippen molar-refractivity contribution in [3.63, 3.8) is 0 Å². The van der Waals surface area contributed by atoms with Crippen LogP contribution < -0.4 is 4.74 Å². The van der Waals surface area contributed by atoms with Gasteiger partial charge in [0.2, 0.25) is 5.89 Å². The molecule has 0 unspecified atom stereocenters. The third-order valence-electron chi connectivity index (χ3n) is 6.93. The maximum atomic E-state index is 15.3. The predicted octanol–water partition coefficient (Wildman–Crippen LogP) is 7.89. The average molecular weight is 544 g/mol. The van der Waals surface area contributed by atoms with Crippen molar-refractivity contribution in [2.75, 3.05) is 7.11 Å². The fraction of sp³-hybridized carbons (Fsp3) is 0.156. The molecule has 0 amide bonds. The van der Waals surface area contributed by atoms with E-state index in [0.29, 0.717) is 44.5 Å². The lowest BCUT2D eigenvalue weighted by molar-refractivity contribution is 0.273. The SMILES string of the molecule is COc1cc(C(F)=Cc2cccc(-c3cccc(-c4nc5cc(CO)cc(Cl)c5o4)c3C)c2C)ccc1CO. The second kappa shape index (κ2) is 11.0. The van der Waals surface area contributed by atoms with Crippen LogP contribution in [0.5, 0.6) is 5.75 Å². The van der Waals surface area contributed by atoms with Crippen molar-refractivity contribution in [1.29, 1.82) is 0 Å². The maximum absolute atomic E-state index is 15.3. The molecular formula is C32H27ClFNO4. The normalized spacial score (nSPS) is 11.8. The molecule has 0 atom stereocenters. The van der Waals surface area contributed by atoms with Gasteiger partial charge in [-0.1, -0.05) is 54.1 Å². The van der Waals surface area contributed by atoms with E-state index in [1.807, 2.05) is 50.2 Å². The minimum Gasteiger partial charge on any atom is -0.496 e. The molecule has 5 aromatic rings. The molecule has 0 fully saturated rings. The summed E-state index contributed by atoms with van der Waals surface area (Å²) in [7, 11) is 1.49. The van der Waals surface area contributed by atoms with Crippen LogP contribution in [-0.2, 0) is 13.2 Å². The van der Waals surface area contributed by atoms with Gasteiger partial charge in [-0.15, -0.1) is 0 Å². The fourth-order valence-electron chi connectivity index (χ4n) is 4.76. The van der Waals surface area contributed by atoms with Crippen LogP contribution in [0.25, 0.3) is 45.6 Å². The molecule has 2 N–H and O–H groups in total. The first-order valence-electron chi connectivity index (χ1n) is 12.4. The van der Waals surface area contributed by atoms with Gasteiger partial charge in [-0.2, -0.15) is 0 Å². The van der Waals surface area contributed by atoms with E-state index in [2.05, 4.69) is 4.98 Å². The highest BCUT2D eigenvalue weighted by Crippen LogP contribution is 2.37. The molecule has 0 aliphatic heterocycles. The van der Waals surface area contributed by atoms with Crippen molar-refractivity contribution in [1.82, 2.24) is 4.98 Å². The summed E-state index contributed by atoms with van der Waals surface area (Å²) in [6.45, 7) is 3.64. The molecule has 0 spiro atoms. The third kappa shape index (κ3) is 5.06. The van der Waals surface area contributed by atoms with Gasteiger partial charge in [-0.05, 0) is 77.6 Å². The number of methoxy groups -OCH3 is 1. The molecular weight excluding hydrogens is 517 g/mol. The highest BCUT2D eigenvalue weighted by molar-refractivity contribution is 6.34. The van der Waals surface area contributed by atoms with Crippen molar-refractivity contribution in [3.8, 4) is 28.3 Å². The summed E-state index contributed by atoms with van der Waals surface area (Å²) < 4.78 is 26.7. The van der Waals surface area contributed by atoms with E-state index in [-0.39, 0.29) is 13.2 Å². The topological polar surface area (TPSA) is 75.7 Å². The van der Waals surface area contributed by atoms with Crippen molar-refractivity contribution >= 4 is 34.6 Å². The zero-order chi connectivity index (χ0) is 27.7. The van der Waals surface area contributed by atoms with Gasteiger partial charge in [-0.3, -0.25) is 0 Å². The van der Waals surface area contributed by atoms with Crippen LogP contribution in [0.4, 0.5) is 4.39 Å². The van der Waals surface area contributed by atoms with Crippen LogP contribution in [0.1, 0.15) is 33.4 Å². The smallest absolute Gasteiger partial charge is 0.227 e. The van der Waals surface area contributed by atoms with E-state index in [4.69, 9.17) is 20.8 Å². The zero-order valence-corrected chi connectivity index (χ0v) is 22.5. The van der Waals surface area contributed by atoms with Crippen LogP contribution in [0.15, 0.2) is 71.1 Å². The van der Waals surface area contributed by atoms with Gasteiger partial charge in [0.05, 0.1) is 25.3 Å². The summed E-state index contributed by atoms with van der Waals surface area (Å²) in [5.41, 5.74) is 8.02. The number of fused-ring (bicyclic) bond motifs is 1. The molecule has 1 heterocycles. The van der Waals surface area contributed by atoms with Crippen molar-refractivity contribution in [2.45, 2.75) is 27.1 Å². The second-order valence-corrected chi connectivity index (χ2v) is 9.69. The molecule has 0 bridgehead atoms. The molecule has 0 aliphatic rings. The Bertz CT molecular complexity index is 1720. The van der Waals surface area contributed by atoms with E-state index in [9.17, 15) is 10.2 Å². The summed E-state index contributed by atoms with van der Waals surface area (Å²) in [5.74, 6) is 0.458. The molecule has 5 nitrogen and oxygen atoms in total. The van der Waals surface area contributed by atoms with Gasteiger partial charge in [0, 0.05) is 16.7 Å². The van der Waals surface area contributed by atoms with E-state index in [1.165, 1.54) is 13.2 Å². The molecule has 0 saturated heterocycles. The van der Waals surface area contributed by atoms with Gasteiger partial charge in [0.1, 0.15) is 17.1 Å². The first-order chi connectivity index (χ1) is 18.8. The molecule has 1 aromatic heterocycles. The monoisotopic (exact) mass is 543 g/mol. The number of ether oxygens (including phenoxy) is 1. The van der Waals surface area contributed by atoms with Crippen LogP contribution in [0.2, 0.25) is 5.02 Å². The number of hydrogen-bond acceptors (Lipinski definition) is 5. The number of oxazole rings is 1. The lowest BCUT2D eigenvalue weighted by atomic mass is 9.91. The molecule has 0 radical (unpaired) electrons. The Balaban J connectivity index is 1.55. The van der Waals surface area contributed by atoms with Gasteiger partial charge < -0.3 is 19.4 Å². The van der Waals surface area contributed by atoms with Crippen molar-refractivity contribution < 1.29 is 23.8 Å². The Morgan fingerprint density at radius 1 is 0.949 bits per heavy atom. The lowest BCUT2D eigenvalue weighted by Gasteiger charge is -2.14. The Kier molecular flexibility index (Phi) is 7.53. The minimum atomic E-state index is -0.408. The van der Waals surface area contributed by atoms with E-state index in [1.54, 1.807) is 30.3 Å². The molecule has 4 aromatic carbocycles. The van der Waals surface area contributed by atoms with Crippen molar-refractivity contribution in [2.24, 2.45) is 0 Å². The second-order valence-electron chi connectivity index (χ2n) is 9.28. The van der Waals surface area contributed by atoms with E-state index >= 15 is 4.39 Å². The van der Waals surface area contributed by atoms with Crippen LogP contribution >= 0.6 is 11.6 Å². The third-order valence-corrected chi connectivity index (χ3v) is 7.21. The molecule has 5 rings (SSSR count). The Morgan fingerprint density at radius 2 is 1.67 bits per heavy atom. The van der Waals surface area contributed by atoms with Crippen LogP contribution in [-0.4, -0.2) is 22.3 Å². The summed E-state index contributed by atoms with van der Waals surface area (Å²) in [6, 6.07) is 20.0. The molecule has 0 aliphatic carbocycles. The van der Waals surface area contributed by atoms with Gasteiger partial charge in [-0.25, -0.2) is 9.37 Å². The number of rotatable bonds is 7. The summed E-state index contributed by atoms with van der Waals surface area (Å²) in [6.07, 6.45) is 1.51. The lowest BCUT2D eigenvalue weighted by Crippen LogP contribution is -1.94. The number of hydrogen-bond donors (Lipinski definition) is 2. The first kappa shape index (κ1) is 26.6. The van der Waals surface area contributed by atoms with Crippen LogP contribution in [0, 0.1) is 13.8 Å². The first-order valence-corrected chi connectivity index (χ1v) is 12.8. The fourth-order valence-corrected chi connectivity index (χ4v) is 5.03. The molecule has 39 heavy (non-hydrogen) atoms. The van der Waals surface area contributed by atoms with Gasteiger partial charge in [0.15, 0.2) is 5.58 Å². The van der Waals surface area contributed by atoms with Crippen molar-refractivity contribution in [3.05, 3.63) is 105 Å². The summed E-state index contributed by atoms with van der Waals surface area (Å²) >= 11 is 6.37. The van der Waals surface area contributed by atoms with Gasteiger partial charge in [0.25, 0.3) is 0 Å². The number of halogens is 2. The number of nitrogens with zero attached hydrogens (tertiary/aromatic N) is 1. The van der Waals surface area contributed by atoms with E-state index < -0.39 is 5.83 Å². The molecule has 7 heteroatoms. The predicted molar refractivity (Wildman–Crippen MR) is 153 cm³/mol. The highest BCUT2D eigenvalue weighted by Gasteiger charge is 2.17. The summed E-state index contributed by atoms with van der Waals surface area (Å²) in [5, 5.41) is 19.4. The number of aromatic nitrogens is 1. The highest BCUT2D eigenvalue weighted by atomic mass is 35.5. The minimum absolute atomic E-state index is 0.140. The van der Waals surface area contributed by atoms with Crippen LogP contribution in [0.3, 0.4) is 0 Å². The van der Waals surface area contributed by atoms with Gasteiger partial charge >= 0.3 is 0 Å². The average Bonchev–Trinajstić information content (AvgIpc) is 3.38. The maximum Gasteiger partial charge on any atom is 0.227 e. The Hall–Kier alpha value is -3.97. The number of aliphatic hydroxyl groups excluding tert-OH is 2. The Morgan fingerprint density at radius 3 is 2.38 bits per heavy atom. The quantitative estimate of drug-likeness (QED) is 0.204. The molecule has 0 saturated carbocycles. The zero-order valence-electron chi connectivity index (χ0n) is 21.8. The molecule has 198 valence electrons. The number of aliphatic hydroxyl groups is 2. The Labute approximate surface area is 230 Å². The van der Waals surface area contributed by atoms with E-state index in [0.717, 1.165) is 33.4 Å². The standard InChI is InChI=1S/C32H27ClFNO4/c1-18-21(14-28(34)22-10-11-23(17-37)30(15-22)38-3)6-4-7-24(18)25-8-5-9-26(19(25)2)32-35-29-13-20(16-36)12-27(33)31(29)39-32/h4-15,36-37H,16-17H2,1-3H3. The number of benzene rings is 4.